The van der Waals surface area contributed by atoms with Crippen LogP contribution < -0.4 is 20.8 Å². The quantitative estimate of drug-likeness (QED) is 0.244. The van der Waals surface area contributed by atoms with Crippen molar-refractivity contribution in [3.8, 4) is 5.75 Å². The van der Waals surface area contributed by atoms with Gasteiger partial charge in [0.15, 0.2) is 0 Å². The maximum Gasteiger partial charge on any atom is 0.250 e. The summed E-state index contributed by atoms with van der Waals surface area (Å²) < 4.78 is 10.5. The number of methoxy groups -OCH3 is 1. The van der Waals surface area contributed by atoms with E-state index in [9.17, 15) is 0 Å². The van der Waals surface area contributed by atoms with Crippen molar-refractivity contribution < 1.29 is 9.15 Å². The standard InChI is InChI=1S/C22H20ClN7O2/c1-31-18-10-8-17(9-11-18)26-21-27-20(24-14-19-3-2-12-32-19)28-22(29-21)30-25-13-15-4-6-16(23)7-5-15/h2-13H,14H2,1H3,(H3,24,26,27,28,29,30). The molecule has 0 radical (unpaired) electrons. The van der Waals surface area contributed by atoms with E-state index < -0.39 is 0 Å². The highest BCUT2D eigenvalue weighted by Crippen LogP contribution is 2.19. The van der Waals surface area contributed by atoms with Gasteiger partial charge in [0.1, 0.15) is 11.5 Å². The smallest absolute Gasteiger partial charge is 0.250 e. The molecule has 0 aliphatic carbocycles. The van der Waals surface area contributed by atoms with Gasteiger partial charge >= 0.3 is 0 Å². The summed E-state index contributed by atoms with van der Waals surface area (Å²) in [6, 6.07) is 18.4. The number of hydrazone groups is 1. The SMILES string of the molecule is COc1ccc(Nc2nc(NCc3ccco3)nc(NN=Cc3ccc(Cl)cc3)n2)cc1. The summed E-state index contributed by atoms with van der Waals surface area (Å²) in [5.41, 5.74) is 4.51. The van der Waals surface area contributed by atoms with Gasteiger partial charge in [0.2, 0.25) is 17.8 Å². The number of hydrogen-bond donors (Lipinski definition) is 3. The fraction of sp³-hybridized carbons (Fsp3) is 0.0909. The lowest BCUT2D eigenvalue weighted by Gasteiger charge is -2.10. The lowest BCUT2D eigenvalue weighted by molar-refractivity contribution is 0.415. The molecule has 0 amide bonds. The Labute approximate surface area is 189 Å². The fourth-order valence-corrected chi connectivity index (χ4v) is 2.78. The van der Waals surface area contributed by atoms with Crippen LogP contribution in [0.2, 0.25) is 5.02 Å². The monoisotopic (exact) mass is 449 g/mol. The minimum atomic E-state index is 0.267. The predicted octanol–water partition coefficient (Wildman–Crippen LogP) is 4.93. The van der Waals surface area contributed by atoms with Crippen molar-refractivity contribution in [1.82, 2.24) is 15.0 Å². The Kier molecular flexibility index (Phi) is 6.78. The molecule has 0 atom stereocenters. The zero-order chi connectivity index (χ0) is 22.2. The zero-order valence-electron chi connectivity index (χ0n) is 17.1. The van der Waals surface area contributed by atoms with Crippen molar-refractivity contribution >= 4 is 41.3 Å². The van der Waals surface area contributed by atoms with Gasteiger partial charge in [-0.1, -0.05) is 23.7 Å². The molecule has 4 aromatic rings. The largest absolute Gasteiger partial charge is 0.497 e. The van der Waals surface area contributed by atoms with Crippen molar-refractivity contribution in [2.45, 2.75) is 6.54 Å². The number of aromatic nitrogens is 3. The molecule has 2 aromatic heterocycles. The summed E-state index contributed by atoms with van der Waals surface area (Å²) in [5, 5.41) is 11.1. The molecule has 0 aliphatic heterocycles. The van der Waals surface area contributed by atoms with E-state index in [0.29, 0.717) is 23.5 Å². The van der Waals surface area contributed by atoms with E-state index in [1.807, 2.05) is 48.5 Å². The van der Waals surface area contributed by atoms with Crippen LogP contribution in [0.4, 0.5) is 23.5 Å². The van der Waals surface area contributed by atoms with E-state index in [-0.39, 0.29) is 5.95 Å². The molecule has 4 rings (SSSR count). The van der Waals surface area contributed by atoms with Crippen LogP contribution in [0.1, 0.15) is 11.3 Å². The normalized spacial score (nSPS) is 10.8. The van der Waals surface area contributed by atoms with Gasteiger partial charge in [-0.25, -0.2) is 5.43 Å². The Balaban J connectivity index is 1.51. The van der Waals surface area contributed by atoms with Crippen LogP contribution in [0.15, 0.2) is 76.4 Å². The summed E-state index contributed by atoms with van der Waals surface area (Å²) in [4.78, 5) is 13.2. The lowest BCUT2D eigenvalue weighted by Crippen LogP contribution is -2.09. The number of nitrogens with zero attached hydrogens (tertiary/aromatic N) is 4. The van der Waals surface area contributed by atoms with Gasteiger partial charge < -0.3 is 19.8 Å². The Bertz CT molecular complexity index is 1160. The third kappa shape index (κ3) is 5.96. The van der Waals surface area contributed by atoms with E-state index in [1.165, 1.54) is 0 Å². The molecule has 2 aromatic carbocycles. The van der Waals surface area contributed by atoms with Crippen molar-refractivity contribution in [1.29, 1.82) is 0 Å². The summed E-state index contributed by atoms with van der Waals surface area (Å²) >= 11 is 5.91. The Morgan fingerprint density at radius 2 is 1.72 bits per heavy atom. The number of hydrogen-bond acceptors (Lipinski definition) is 9. The van der Waals surface area contributed by atoms with Gasteiger partial charge in [-0.15, -0.1) is 0 Å². The Hall–Kier alpha value is -4.11. The van der Waals surface area contributed by atoms with E-state index in [0.717, 1.165) is 22.8 Å². The van der Waals surface area contributed by atoms with Crippen molar-refractivity contribution in [3.05, 3.63) is 83.3 Å². The van der Waals surface area contributed by atoms with Gasteiger partial charge in [-0.05, 0) is 54.1 Å². The van der Waals surface area contributed by atoms with Crippen LogP contribution in [0.25, 0.3) is 0 Å². The first-order chi connectivity index (χ1) is 15.7. The molecule has 0 saturated heterocycles. The van der Waals surface area contributed by atoms with Crippen LogP contribution in [0, 0.1) is 0 Å². The minimum absolute atomic E-state index is 0.267. The molecule has 0 saturated carbocycles. The number of anilines is 4. The molecule has 0 aliphatic rings. The second-order valence-electron chi connectivity index (χ2n) is 6.51. The van der Waals surface area contributed by atoms with Gasteiger partial charge in [-0.3, -0.25) is 0 Å². The maximum absolute atomic E-state index is 5.91. The third-order valence-corrected chi connectivity index (χ3v) is 4.48. The fourth-order valence-electron chi connectivity index (χ4n) is 2.66. The van der Waals surface area contributed by atoms with E-state index in [2.05, 4.69) is 36.1 Å². The molecule has 32 heavy (non-hydrogen) atoms. The highest BCUT2D eigenvalue weighted by atomic mass is 35.5. The first-order valence-electron chi connectivity index (χ1n) is 9.66. The van der Waals surface area contributed by atoms with Crippen molar-refractivity contribution in [3.63, 3.8) is 0 Å². The zero-order valence-corrected chi connectivity index (χ0v) is 17.9. The second-order valence-corrected chi connectivity index (χ2v) is 6.95. The Morgan fingerprint density at radius 3 is 2.44 bits per heavy atom. The molecule has 162 valence electrons. The third-order valence-electron chi connectivity index (χ3n) is 4.23. The summed E-state index contributed by atoms with van der Waals surface area (Å²) in [5.74, 6) is 2.48. The maximum atomic E-state index is 5.91. The highest BCUT2D eigenvalue weighted by molar-refractivity contribution is 6.30. The molecule has 0 unspecified atom stereocenters. The number of benzene rings is 2. The minimum Gasteiger partial charge on any atom is -0.497 e. The topological polar surface area (TPSA) is 109 Å². The molecule has 0 spiro atoms. The Morgan fingerprint density at radius 1 is 0.969 bits per heavy atom. The van der Waals surface area contributed by atoms with Crippen LogP contribution in [-0.4, -0.2) is 28.3 Å². The predicted molar refractivity (Wildman–Crippen MR) is 125 cm³/mol. The van der Waals surface area contributed by atoms with Crippen LogP contribution in [0.3, 0.4) is 0 Å². The number of nitrogens with one attached hydrogen (secondary N) is 3. The number of rotatable bonds is 9. The van der Waals surface area contributed by atoms with Crippen molar-refractivity contribution in [2.24, 2.45) is 5.10 Å². The van der Waals surface area contributed by atoms with Crippen LogP contribution in [-0.2, 0) is 6.54 Å². The molecular formula is C22H20ClN7O2. The van der Waals surface area contributed by atoms with Crippen LogP contribution >= 0.6 is 11.6 Å². The highest BCUT2D eigenvalue weighted by Gasteiger charge is 2.08. The number of halogens is 1. The van der Waals surface area contributed by atoms with E-state index >= 15 is 0 Å². The molecule has 3 N–H and O–H groups in total. The molecule has 0 bridgehead atoms. The van der Waals surface area contributed by atoms with E-state index in [1.54, 1.807) is 31.7 Å². The average molecular weight is 450 g/mol. The second kappa shape index (κ2) is 10.3. The molecular weight excluding hydrogens is 430 g/mol. The summed E-state index contributed by atoms with van der Waals surface area (Å²) in [6.45, 7) is 0.423. The summed E-state index contributed by atoms with van der Waals surface area (Å²) in [7, 11) is 1.62. The van der Waals surface area contributed by atoms with E-state index in [4.69, 9.17) is 20.8 Å². The first kappa shape index (κ1) is 21.1. The number of ether oxygens (including phenoxy) is 1. The van der Waals surface area contributed by atoms with Gasteiger partial charge in [0.05, 0.1) is 26.1 Å². The van der Waals surface area contributed by atoms with Crippen LogP contribution in [0.5, 0.6) is 5.75 Å². The van der Waals surface area contributed by atoms with Gasteiger partial charge in [0.25, 0.3) is 0 Å². The number of furan rings is 1. The molecule has 2 heterocycles. The van der Waals surface area contributed by atoms with Crippen molar-refractivity contribution in [2.75, 3.05) is 23.2 Å². The average Bonchev–Trinajstić information content (AvgIpc) is 3.33. The van der Waals surface area contributed by atoms with Gasteiger partial charge in [0, 0.05) is 10.7 Å². The molecule has 9 nitrogen and oxygen atoms in total. The van der Waals surface area contributed by atoms with Gasteiger partial charge in [-0.2, -0.15) is 20.1 Å². The first-order valence-corrected chi connectivity index (χ1v) is 10.0. The molecule has 0 fully saturated rings. The molecule has 10 heteroatoms. The lowest BCUT2D eigenvalue weighted by atomic mass is 10.2. The summed E-state index contributed by atoms with van der Waals surface area (Å²) in [6.07, 6.45) is 3.26.